The van der Waals surface area contributed by atoms with Crippen LogP contribution in [0.2, 0.25) is 0 Å². The first-order valence-corrected chi connectivity index (χ1v) is 5.92. The quantitative estimate of drug-likeness (QED) is 0.697. The van der Waals surface area contributed by atoms with Crippen LogP contribution in [0.15, 0.2) is 0 Å². The van der Waals surface area contributed by atoms with Gasteiger partial charge in [-0.15, -0.1) is 0 Å². The lowest BCUT2D eigenvalue weighted by atomic mass is 10.1. The molecule has 0 radical (unpaired) electrons. The monoisotopic (exact) mass is 212 g/mol. The van der Waals surface area contributed by atoms with E-state index in [1.54, 1.807) is 0 Å². The van der Waals surface area contributed by atoms with Gasteiger partial charge in [-0.1, -0.05) is 0 Å². The molecule has 0 saturated carbocycles. The third-order valence-corrected chi connectivity index (χ3v) is 3.17. The molecule has 3 atom stereocenters. The highest BCUT2D eigenvalue weighted by Crippen LogP contribution is 2.19. The van der Waals surface area contributed by atoms with Gasteiger partial charge >= 0.3 is 0 Å². The van der Waals surface area contributed by atoms with Crippen molar-refractivity contribution >= 4 is 5.91 Å². The number of piperidine rings is 1. The van der Waals surface area contributed by atoms with Crippen LogP contribution >= 0.6 is 0 Å². The number of rotatable bonds is 2. The summed E-state index contributed by atoms with van der Waals surface area (Å²) >= 11 is 0. The first-order valence-electron chi connectivity index (χ1n) is 5.92. The highest BCUT2D eigenvalue weighted by atomic mass is 16.5. The molecule has 86 valence electrons. The normalized spacial score (nSPS) is 36.5. The molecule has 1 amide bonds. The summed E-state index contributed by atoms with van der Waals surface area (Å²) in [5.41, 5.74) is 0. The second-order valence-corrected chi connectivity index (χ2v) is 4.56. The largest absolute Gasteiger partial charge is 0.365 e. The highest BCUT2D eigenvalue weighted by molar-refractivity contribution is 5.81. The fourth-order valence-corrected chi connectivity index (χ4v) is 2.26. The van der Waals surface area contributed by atoms with Crippen LogP contribution in [0.4, 0.5) is 0 Å². The van der Waals surface area contributed by atoms with Gasteiger partial charge in [0, 0.05) is 12.6 Å². The molecule has 15 heavy (non-hydrogen) atoms. The van der Waals surface area contributed by atoms with Gasteiger partial charge < -0.3 is 15.4 Å². The predicted molar refractivity (Wildman–Crippen MR) is 57.6 cm³/mol. The number of ether oxygens (including phenoxy) is 1. The molecule has 2 fully saturated rings. The van der Waals surface area contributed by atoms with Gasteiger partial charge in [-0.05, 0) is 39.2 Å². The summed E-state index contributed by atoms with van der Waals surface area (Å²) < 4.78 is 5.53. The van der Waals surface area contributed by atoms with E-state index >= 15 is 0 Å². The molecule has 0 aromatic heterocycles. The summed E-state index contributed by atoms with van der Waals surface area (Å²) in [6.45, 7) is 3.99. The van der Waals surface area contributed by atoms with Gasteiger partial charge in [0.15, 0.2) is 0 Å². The molecule has 0 spiro atoms. The standard InChI is InChI=1S/C11H20N2O2/c1-8-4-5-10(15-8)11(14)13-9-3-2-6-12-7-9/h8-10,12H,2-7H2,1H3,(H,13,14)/t8?,9-,10?/m1/s1. The van der Waals surface area contributed by atoms with Crippen molar-refractivity contribution in [2.45, 2.75) is 50.9 Å². The minimum absolute atomic E-state index is 0.0769. The Labute approximate surface area is 90.8 Å². The lowest BCUT2D eigenvalue weighted by molar-refractivity contribution is -0.132. The first-order chi connectivity index (χ1) is 7.25. The van der Waals surface area contributed by atoms with Gasteiger partial charge in [-0.2, -0.15) is 0 Å². The number of hydrogen-bond acceptors (Lipinski definition) is 3. The topological polar surface area (TPSA) is 50.4 Å². The lowest BCUT2D eigenvalue weighted by Crippen LogP contribution is -2.48. The molecule has 2 aliphatic heterocycles. The minimum atomic E-state index is -0.207. The van der Waals surface area contributed by atoms with E-state index in [1.807, 2.05) is 6.92 Å². The van der Waals surface area contributed by atoms with E-state index in [0.717, 1.165) is 38.8 Å². The van der Waals surface area contributed by atoms with E-state index < -0.39 is 0 Å². The fourth-order valence-electron chi connectivity index (χ4n) is 2.26. The molecule has 2 saturated heterocycles. The van der Waals surface area contributed by atoms with E-state index in [1.165, 1.54) is 0 Å². The Morgan fingerprint density at radius 3 is 2.87 bits per heavy atom. The Bertz CT molecular complexity index is 227. The molecule has 2 unspecified atom stereocenters. The number of nitrogens with one attached hydrogen (secondary N) is 2. The maximum Gasteiger partial charge on any atom is 0.249 e. The van der Waals surface area contributed by atoms with Crippen LogP contribution in [-0.2, 0) is 9.53 Å². The first kappa shape index (κ1) is 10.9. The van der Waals surface area contributed by atoms with Crippen LogP contribution in [-0.4, -0.2) is 37.2 Å². The summed E-state index contributed by atoms with van der Waals surface area (Å²) in [4.78, 5) is 11.8. The zero-order valence-electron chi connectivity index (χ0n) is 9.29. The van der Waals surface area contributed by atoms with Crippen molar-refractivity contribution < 1.29 is 9.53 Å². The second kappa shape index (κ2) is 4.94. The second-order valence-electron chi connectivity index (χ2n) is 4.56. The molecule has 4 nitrogen and oxygen atoms in total. The van der Waals surface area contributed by atoms with Crippen molar-refractivity contribution in [3.8, 4) is 0 Å². The summed E-state index contributed by atoms with van der Waals surface area (Å²) in [6.07, 6.45) is 4.13. The summed E-state index contributed by atoms with van der Waals surface area (Å²) in [5.74, 6) is 0.0769. The van der Waals surface area contributed by atoms with E-state index in [0.29, 0.717) is 6.04 Å². The molecule has 2 aliphatic rings. The predicted octanol–water partition coefficient (Wildman–Crippen LogP) is 0.422. The zero-order valence-corrected chi connectivity index (χ0v) is 9.29. The smallest absolute Gasteiger partial charge is 0.249 e. The SMILES string of the molecule is CC1CCC(C(=O)N[C@@H]2CCCNC2)O1. The summed E-state index contributed by atoms with van der Waals surface area (Å²) in [7, 11) is 0. The van der Waals surface area contributed by atoms with Crippen molar-refractivity contribution in [3.05, 3.63) is 0 Å². The summed E-state index contributed by atoms with van der Waals surface area (Å²) in [5, 5.41) is 6.34. The van der Waals surface area contributed by atoms with Gasteiger partial charge in [-0.3, -0.25) is 4.79 Å². The van der Waals surface area contributed by atoms with Gasteiger partial charge in [-0.25, -0.2) is 0 Å². The molecule has 2 N–H and O–H groups in total. The van der Waals surface area contributed by atoms with E-state index in [-0.39, 0.29) is 18.1 Å². The van der Waals surface area contributed by atoms with Gasteiger partial charge in [0.25, 0.3) is 0 Å². The number of hydrogen-bond donors (Lipinski definition) is 2. The van der Waals surface area contributed by atoms with Crippen molar-refractivity contribution in [1.82, 2.24) is 10.6 Å². The average molecular weight is 212 g/mol. The average Bonchev–Trinajstić information content (AvgIpc) is 2.66. The number of carbonyl (C=O) groups is 1. The van der Waals surface area contributed by atoms with Crippen LogP contribution in [0, 0.1) is 0 Å². The maximum atomic E-state index is 11.8. The Kier molecular flexibility index (Phi) is 3.59. The minimum Gasteiger partial charge on any atom is -0.365 e. The molecule has 2 rings (SSSR count). The van der Waals surface area contributed by atoms with Gasteiger partial charge in [0.1, 0.15) is 6.10 Å². The van der Waals surface area contributed by atoms with E-state index in [2.05, 4.69) is 10.6 Å². The number of carbonyl (C=O) groups excluding carboxylic acids is 1. The zero-order chi connectivity index (χ0) is 10.7. The Morgan fingerprint density at radius 2 is 2.27 bits per heavy atom. The van der Waals surface area contributed by atoms with Crippen LogP contribution in [0.5, 0.6) is 0 Å². The highest BCUT2D eigenvalue weighted by Gasteiger charge is 2.29. The molecular weight excluding hydrogens is 192 g/mol. The molecule has 0 aliphatic carbocycles. The fraction of sp³-hybridized carbons (Fsp3) is 0.909. The third-order valence-electron chi connectivity index (χ3n) is 3.17. The van der Waals surface area contributed by atoms with Crippen molar-refractivity contribution in [1.29, 1.82) is 0 Å². The van der Waals surface area contributed by atoms with Crippen molar-refractivity contribution in [2.24, 2.45) is 0 Å². The Hall–Kier alpha value is -0.610. The molecular formula is C11H20N2O2. The van der Waals surface area contributed by atoms with Crippen molar-refractivity contribution in [3.63, 3.8) is 0 Å². The van der Waals surface area contributed by atoms with E-state index in [9.17, 15) is 4.79 Å². The lowest BCUT2D eigenvalue weighted by Gasteiger charge is -2.25. The molecule has 0 bridgehead atoms. The van der Waals surface area contributed by atoms with Crippen LogP contribution in [0.1, 0.15) is 32.6 Å². The third kappa shape index (κ3) is 2.92. The maximum absolute atomic E-state index is 11.8. The van der Waals surface area contributed by atoms with E-state index in [4.69, 9.17) is 4.74 Å². The number of amides is 1. The Balaban J connectivity index is 1.76. The molecule has 4 heteroatoms. The summed E-state index contributed by atoms with van der Waals surface area (Å²) in [6, 6.07) is 0.297. The van der Waals surface area contributed by atoms with Crippen LogP contribution < -0.4 is 10.6 Å². The van der Waals surface area contributed by atoms with Gasteiger partial charge in [0.05, 0.1) is 6.10 Å². The van der Waals surface area contributed by atoms with Gasteiger partial charge in [0.2, 0.25) is 5.91 Å². The molecule has 0 aromatic carbocycles. The van der Waals surface area contributed by atoms with Crippen LogP contribution in [0.25, 0.3) is 0 Å². The van der Waals surface area contributed by atoms with Crippen LogP contribution in [0.3, 0.4) is 0 Å². The Morgan fingerprint density at radius 1 is 1.40 bits per heavy atom. The molecule has 2 heterocycles. The van der Waals surface area contributed by atoms with Crippen molar-refractivity contribution in [2.75, 3.05) is 13.1 Å². The molecule has 0 aromatic rings.